The number of aromatic amines is 2. The van der Waals surface area contributed by atoms with Crippen molar-refractivity contribution >= 4 is 0 Å². The van der Waals surface area contributed by atoms with Crippen LogP contribution in [0.25, 0.3) is 22.4 Å². The van der Waals surface area contributed by atoms with Crippen LogP contribution in [-0.4, -0.2) is 19.9 Å². The Bertz CT molecular complexity index is 1460. The summed E-state index contributed by atoms with van der Waals surface area (Å²) in [4.78, 5) is 16.2. The number of imidazole rings is 2. The molecule has 0 spiro atoms. The molecular weight excluding hydrogens is 440 g/mol. The van der Waals surface area contributed by atoms with Gasteiger partial charge in [0.25, 0.3) is 0 Å². The third kappa shape index (κ3) is 4.86. The van der Waals surface area contributed by atoms with E-state index in [0.717, 1.165) is 45.3 Å². The van der Waals surface area contributed by atoms with Gasteiger partial charge in [-0.2, -0.15) is 0 Å². The number of H-pyrrole nitrogens is 2. The Labute approximate surface area is 213 Å². The Hall–Kier alpha value is -4.02. The third-order valence-electron chi connectivity index (χ3n) is 7.55. The molecule has 2 aliphatic carbocycles. The molecule has 0 atom stereocenters. The van der Waals surface area contributed by atoms with Crippen LogP contribution >= 0.6 is 0 Å². The summed E-state index contributed by atoms with van der Waals surface area (Å²) in [6.45, 7) is 0. The van der Waals surface area contributed by atoms with Crippen molar-refractivity contribution in [1.82, 2.24) is 19.9 Å². The first-order valence-corrected chi connectivity index (χ1v) is 13.2. The SMILES string of the molecule is C(C#Cc1ccc(-c2cnc(C3CCCC3)[nH]2)cc1-c1ccccc1)#Cc1cnc(C2CCCC2)[nH]1. The molecule has 4 aromatic rings. The molecule has 0 radical (unpaired) electrons. The van der Waals surface area contributed by atoms with Gasteiger partial charge in [0.2, 0.25) is 0 Å². The highest BCUT2D eigenvalue weighted by Crippen LogP contribution is 2.35. The predicted octanol–water partition coefficient (Wildman–Crippen LogP) is 7.19. The van der Waals surface area contributed by atoms with Gasteiger partial charge in [0.15, 0.2) is 0 Å². The largest absolute Gasteiger partial charge is 0.342 e. The number of hydrogen-bond acceptors (Lipinski definition) is 2. The Balaban J connectivity index is 1.27. The van der Waals surface area contributed by atoms with Gasteiger partial charge in [0.05, 0.1) is 18.1 Å². The minimum Gasteiger partial charge on any atom is -0.342 e. The quantitative estimate of drug-likeness (QED) is 0.310. The first-order chi connectivity index (χ1) is 17.8. The first-order valence-electron chi connectivity index (χ1n) is 13.2. The third-order valence-corrected chi connectivity index (χ3v) is 7.55. The zero-order valence-corrected chi connectivity index (χ0v) is 20.5. The molecule has 0 aliphatic heterocycles. The molecular formula is C32H30N4. The van der Waals surface area contributed by atoms with Gasteiger partial charge in [0.1, 0.15) is 17.3 Å². The number of rotatable bonds is 4. The Morgan fingerprint density at radius 1 is 0.667 bits per heavy atom. The molecule has 4 nitrogen and oxygen atoms in total. The van der Waals surface area contributed by atoms with Crippen molar-refractivity contribution in [3.8, 4) is 46.1 Å². The molecule has 178 valence electrons. The molecule has 0 bridgehead atoms. The molecule has 0 saturated heterocycles. The summed E-state index contributed by atoms with van der Waals surface area (Å²) in [5, 5.41) is 0. The maximum Gasteiger partial charge on any atom is 0.110 e. The summed E-state index contributed by atoms with van der Waals surface area (Å²) < 4.78 is 0. The van der Waals surface area contributed by atoms with Crippen LogP contribution < -0.4 is 0 Å². The van der Waals surface area contributed by atoms with Crippen molar-refractivity contribution in [3.63, 3.8) is 0 Å². The zero-order chi connectivity index (χ0) is 24.2. The van der Waals surface area contributed by atoms with Crippen LogP contribution in [0.2, 0.25) is 0 Å². The van der Waals surface area contributed by atoms with Crippen molar-refractivity contribution in [2.24, 2.45) is 0 Å². The van der Waals surface area contributed by atoms with Gasteiger partial charge in [-0.05, 0) is 66.7 Å². The fourth-order valence-electron chi connectivity index (χ4n) is 5.57. The molecule has 2 aromatic carbocycles. The highest BCUT2D eigenvalue weighted by atomic mass is 14.9. The highest BCUT2D eigenvalue weighted by Gasteiger charge is 2.21. The monoisotopic (exact) mass is 470 g/mol. The van der Waals surface area contributed by atoms with E-state index in [9.17, 15) is 0 Å². The van der Waals surface area contributed by atoms with Crippen molar-refractivity contribution in [3.05, 3.63) is 83.8 Å². The lowest BCUT2D eigenvalue weighted by atomic mass is 9.96. The molecule has 2 aliphatic rings. The summed E-state index contributed by atoms with van der Waals surface area (Å²) in [5.41, 5.74) is 6.23. The van der Waals surface area contributed by atoms with E-state index in [0.29, 0.717) is 11.8 Å². The molecule has 2 aromatic heterocycles. The number of nitrogens with one attached hydrogen (secondary N) is 2. The fourth-order valence-corrected chi connectivity index (χ4v) is 5.57. The lowest BCUT2D eigenvalue weighted by molar-refractivity contribution is 0.678. The minimum absolute atomic E-state index is 0.558. The van der Waals surface area contributed by atoms with E-state index >= 15 is 0 Å². The molecule has 4 heteroatoms. The molecule has 36 heavy (non-hydrogen) atoms. The van der Waals surface area contributed by atoms with Crippen LogP contribution in [0.5, 0.6) is 0 Å². The van der Waals surface area contributed by atoms with Gasteiger partial charge >= 0.3 is 0 Å². The molecule has 2 N–H and O–H groups in total. The van der Waals surface area contributed by atoms with E-state index in [1.807, 2.05) is 18.5 Å². The van der Waals surface area contributed by atoms with Gasteiger partial charge in [-0.1, -0.05) is 68.0 Å². The van der Waals surface area contributed by atoms with Crippen LogP contribution in [0.1, 0.15) is 86.1 Å². The van der Waals surface area contributed by atoms with Crippen LogP contribution in [0.3, 0.4) is 0 Å². The highest BCUT2D eigenvalue weighted by molar-refractivity contribution is 5.77. The number of aromatic nitrogens is 4. The lowest BCUT2D eigenvalue weighted by Crippen LogP contribution is -1.94. The van der Waals surface area contributed by atoms with E-state index in [1.165, 1.54) is 51.4 Å². The number of hydrogen-bond donors (Lipinski definition) is 2. The van der Waals surface area contributed by atoms with E-state index in [1.54, 1.807) is 0 Å². The number of nitrogens with zero attached hydrogens (tertiary/aromatic N) is 2. The summed E-state index contributed by atoms with van der Waals surface area (Å²) in [6, 6.07) is 16.8. The average Bonchev–Trinajstić information content (AvgIpc) is 3.74. The number of benzene rings is 2. The maximum atomic E-state index is 4.71. The predicted molar refractivity (Wildman–Crippen MR) is 144 cm³/mol. The second-order valence-electron chi connectivity index (χ2n) is 9.95. The summed E-state index contributed by atoms with van der Waals surface area (Å²) in [5.74, 6) is 15.8. The van der Waals surface area contributed by atoms with E-state index in [-0.39, 0.29) is 0 Å². The summed E-state index contributed by atoms with van der Waals surface area (Å²) in [7, 11) is 0. The standard InChI is InChI=1S/C32H30N4/c1-2-10-23(11-3-1)29-20-27(30-22-34-32(36-30)26-15-6-7-16-26)19-18-24(29)12-8-9-17-28-21-33-31(35-28)25-13-4-5-14-25/h1-3,10-11,18-22,25-26H,4-7,13-16H2,(H,33,35)(H,34,36). The van der Waals surface area contributed by atoms with Gasteiger partial charge in [-0.15, -0.1) is 0 Å². The molecule has 2 fully saturated rings. The minimum atomic E-state index is 0.558. The second-order valence-corrected chi connectivity index (χ2v) is 9.95. The normalized spacial score (nSPS) is 15.9. The molecule has 0 unspecified atom stereocenters. The lowest BCUT2D eigenvalue weighted by Gasteiger charge is -2.08. The van der Waals surface area contributed by atoms with E-state index in [4.69, 9.17) is 4.98 Å². The van der Waals surface area contributed by atoms with Gasteiger partial charge in [-0.25, -0.2) is 9.97 Å². The average molecular weight is 471 g/mol. The molecule has 2 heterocycles. The van der Waals surface area contributed by atoms with Gasteiger partial charge in [-0.3, -0.25) is 0 Å². The second kappa shape index (κ2) is 10.3. The molecule has 0 amide bonds. The van der Waals surface area contributed by atoms with Crippen LogP contribution in [0.15, 0.2) is 60.9 Å². The van der Waals surface area contributed by atoms with Crippen molar-refractivity contribution < 1.29 is 0 Å². The maximum absolute atomic E-state index is 4.71. The van der Waals surface area contributed by atoms with Crippen LogP contribution in [0.4, 0.5) is 0 Å². The Kier molecular flexibility index (Phi) is 6.43. The topological polar surface area (TPSA) is 57.4 Å². The summed E-state index contributed by atoms with van der Waals surface area (Å²) in [6.07, 6.45) is 13.9. The van der Waals surface area contributed by atoms with Crippen molar-refractivity contribution in [2.45, 2.75) is 63.2 Å². The van der Waals surface area contributed by atoms with Crippen LogP contribution in [0, 0.1) is 23.7 Å². The van der Waals surface area contributed by atoms with E-state index < -0.39 is 0 Å². The van der Waals surface area contributed by atoms with E-state index in [2.05, 4.69) is 81.1 Å². The van der Waals surface area contributed by atoms with Gasteiger partial charge in [0, 0.05) is 23.0 Å². The van der Waals surface area contributed by atoms with Crippen LogP contribution in [-0.2, 0) is 0 Å². The fraction of sp³-hybridized carbons (Fsp3) is 0.312. The molecule has 6 rings (SSSR count). The zero-order valence-electron chi connectivity index (χ0n) is 20.5. The smallest absolute Gasteiger partial charge is 0.110 e. The molecule has 2 saturated carbocycles. The van der Waals surface area contributed by atoms with Crippen molar-refractivity contribution in [2.75, 3.05) is 0 Å². The Morgan fingerprint density at radius 2 is 1.33 bits per heavy atom. The van der Waals surface area contributed by atoms with Gasteiger partial charge < -0.3 is 9.97 Å². The summed E-state index contributed by atoms with van der Waals surface area (Å²) >= 11 is 0. The van der Waals surface area contributed by atoms with Crippen molar-refractivity contribution in [1.29, 1.82) is 0 Å². The first kappa shape index (κ1) is 22.4. The Morgan fingerprint density at radius 3 is 2.08 bits per heavy atom.